The molecule has 0 saturated carbocycles. The summed E-state index contributed by atoms with van der Waals surface area (Å²) in [7, 11) is 0. The molecule has 20 heavy (non-hydrogen) atoms. The third-order valence-corrected chi connectivity index (χ3v) is 3.57. The minimum Gasteiger partial charge on any atom is -0.244 e. The van der Waals surface area contributed by atoms with E-state index in [0.29, 0.717) is 0 Å². The van der Waals surface area contributed by atoms with E-state index in [4.69, 9.17) is 46.4 Å². The lowest BCUT2D eigenvalue weighted by atomic mass is 10.0. The lowest BCUT2D eigenvalue weighted by Crippen LogP contribution is -2.08. The first-order valence-corrected chi connectivity index (χ1v) is 6.59. The number of aromatic nitrogens is 1. The summed E-state index contributed by atoms with van der Waals surface area (Å²) in [5.41, 5.74) is -1.39. The van der Waals surface area contributed by atoms with E-state index in [1.54, 1.807) is 0 Å². The Hall–Kier alpha value is -0.680. The number of benzene rings is 1. The average molecular weight is 361 g/mol. The Bertz CT molecular complexity index is 647. The topological polar surface area (TPSA) is 12.9 Å². The molecule has 0 aliphatic rings. The third kappa shape index (κ3) is 2.98. The molecule has 0 saturated heterocycles. The van der Waals surface area contributed by atoms with Gasteiger partial charge in [0.1, 0.15) is 5.15 Å². The maximum Gasteiger partial charge on any atom is 0.417 e. The molecule has 1 aromatic carbocycles. The average Bonchev–Trinajstić information content (AvgIpc) is 2.28. The lowest BCUT2D eigenvalue weighted by molar-refractivity contribution is -0.137. The minimum atomic E-state index is -4.62. The number of pyridine rings is 1. The zero-order valence-corrected chi connectivity index (χ0v) is 12.4. The molecule has 2 rings (SSSR count). The number of alkyl halides is 3. The summed E-state index contributed by atoms with van der Waals surface area (Å²) in [5.74, 6) is 0. The zero-order chi connectivity index (χ0) is 15.1. The molecule has 0 unspecified atom stereocenters. The Morgan fingerprint density at radius 3 is 1.95 bits per heavy atom. The van der Waals surface area contributed by atoms with Crippen LogP contribution in [0, 0.1) is 0 Å². The molecule has 0 spiro atoms. The maximum absolute atomic E-state index is 13.1. The van der Waals surface area contributed by atoms with Crippen LogP contribution in [-0.4, -0.2) is 4.98 Å². The molecule has 106 valence electrons. The van der Waals surface area contributed by atoms with Crippen LogP contribution >= 0.6 is 46.4 Å². The molecule has 0 amide bonds. The predicted octanol–water partition coefficient (Wildman–Crippen LogP) is 6.38. The lowest BCUT2D eigenvalue weighted by Gasteiger charge is -2.16. The van der Waals surface area contributed by atoms with Crippen LogP contribution in [0.2, 0.25) is 20.2 Å². The van der Waals surface area contributed by atoms with Crippen LogP contribution < -0.4 is 0 Å². The summed E-state index contributed by atoms with van der Waals surface area (Å²) >= 11 is 23.4. The van der Waals surface area contributed by atoms with Crippen molar-refractivity contribution in [2.75, 3.05) is 0 Å². The van der Waals surface area contributed by atoms with Gasteiger partial charge in [0, 0.05) is 22.3 Å². The van der Waals surface area contributed by atoms with E-state index in [9.17, 15) is 13.2 Å². The van der Waals surface area contributed by atoms with Gasteiger partial charge in [-0.2, -0.15) is 13.2 Å². The fourth-order valence-electron chi connectivity index (χ4n) is 1.69. The van der Waals surface area contributed by atoms with Crippen molar-refractivity contribution in [3.63, 3.8) is 0 Å². The van der Waals surface area contributed by atoms with Crippen molar-refractivity contribution in [1.29, 1.82) is 0 Å². The van der Waals surface area contributed by atoms with Gasteiger partial charge in [0.2, 0.25) is 0 Å². The largest absolute Gasteiger partial charge is 0.417 e. The van der Waals surface area contributed by atoms with E-state index >= 15 is 0 Å². The molecule has 0 bridgehead atoms. The SMILES string of the molecule is FC(F)(F)c1ccnc(Cl)c1-c1c(Cl)cc(Cl)cc1Cl. The molecule has 0 fully saturated rings. The summed E-state index contributed by atoms with van der Waals surface area (Å²) in [5, 5.41) is -0.214. The molecular formula is C12H4Cl4F3N. The normalized spacial score (nSPS) is 11.8. The highest BCUT2D eigenvalue weighted by Gasteiger charge is 2.36. The summed E-state index contributed by atoms with van der Waals surface area (Å²) in [4.78, 5) is 3.65. The second-order valence-corrected chi connectivity index (χ2v) is 5.38. The first kappa shape index (κ1) is 15.7. The molecule has 0 aliphatic heterocycles. The number of rotatable bonds is 1. The number of hydrogen-bond donors (Lipinski definition) is 0. The van der Waals surface area contributed by atoms with Crippen molar-refractivity contribution in [3.8, 4) is 11.1 Å². The molecule has 8 heteroatoms. The molecule has 2 aromatic rings. The first-order chi connectivity index (χ1) is 9.21. The van der Waals surface area contributed by atoms with Crippen LogP contribution in [0.25, 0.3) is 11.1 Å². The number of hydrogen-bond acceptors (Lipinski definition) is 1. The highest BCUT2D eigenvalue weighted by Crippen LogP contribution is 2.45. The molecular weight excluding hydrogens is 357 g/mol. The quantitative estimate of drug-likeness (QED) is 0.537. The van der Waals surface area contributed by atoms with Gasteiger partial charge >= 0.3 is 6.18 Å². The Balaban J connectivity index is 2.83. The van der Waals surface area contributed by atoms with Gasteiger partial charge in [-0.3, -0.25) is 0 Å². The van der Waals surface area contributed by atoms with Gasteiger partial charge in [0.05, 0.1) is 15.6 Å². The first-order valence-electron chi connectivity index (χ1n) is 5.08. The van der Waals surface area contributed by atoms with Gasteiger partial charge in [0.15, 0.2) is 0 Å². The van der Waals surface area contributed by atoms with E-state index in [0.717, 1.165) is 12.3 Å². The van der Waals surface area contributed by atoms with Crippen molar-refractivity contribution < 1.29 is 13.2 Å². The highest BCUT2D eigenvalue weighted by molar-refractivity contribution is 6.43. The van der Waals surface area contributed by atoms with Crippen molar-refractivity contribution >= 4 is 46.4 Å². The van der Waals surface area contributed by atoms with Crippen LogP contribution in [0.5, 0.6) is 0 Å². The van der Waals surface area contributed by atoms with E-state index in [1.165, 1.54) is 12.1 Å². The maximum atomic E-state index is 13.1. The Morgan fingerprint density at radius 2 is 1.45 bits per heavy atom. The van der Waals surface area contributed by atoms with Gasteiger partial charge in [-0.25, -0.2) is 4.98 Å². The summed E-state index contributed by atoms with van der Waals surface area (Å²) < 4.78 is 39.2. The van der Waals surface area contributed by atoms with Crippen LogP contribution in [0.4, 0.5) is 13.2 Å². The van der Waals surface area contributed by atoms with Crippen LogP contribution in [0.15, 0.2) is 24.4 Å². The van der Waals surface area contributed by atoms with E-state index in [2.05, 4.69) is 4.98 Å². The number of nitrogens with zero attached hydrogens (tertiary/aromatic N) is 1. The fourth-order valence-corrected chi connectivity index (χ4v) is 2.95. The molecule has 0 N–H and O–H groups in total. The monoisotopic (exact) mass is 359 g/mol. The van der Waals surface area contributed by atoms with Gasteiger partial charge < -0.3 is 0 Å². The summed E-state index contributed by atoms with van der Waals surface area (Å²) in [6.07, 6.45) is -3.65. The standard InChI is InChI=1S/C12H4Cl4F3N/c13-5-3-7(14)10(8(15)4-5)9-6(12(17,18)19)1-2-20-11(9)16/h1-4H. The van der Waals surface area contributed by atoms with Crippen molar-refractivity contribution in [1.82, 2.24) is 4.98 Å². The Labute approximate surface area is 132 Å². The fraction of sp³-hybridized carbons (Fsp3) is 0.0833. The zero-order valence-electron chi connectivity index (χ0n) is 9.40. The van der Waals surface area contributed by atoms with Crippen LogP contribution in [-0.2, 0) is 6.18 Å². The second kappa shape index (κ2) is 5.60. The highest BCUT2D eigenvalue weighted by atomic mass is 35.5. The molecule has 1 aromatic heterocycles. The van der Waals surface area contributed by atoms with Crippen LogP contribution in [0.3, 0.4) is 0 Å². The summed E-state index contributed by atoms with van der Waals surface area (Å²) in [6, 6.07) is 3.38. The third-order valence-electron chi connectivity index (χ3n) is 2.47. The summed E-state index contributed by atoms with van der Waals surface area (Å²) in [6.45, 7) is 0. The van der Waals surface area contributed by atoms with Gasteiger partial charge in [0.25, 0.3) is 0 Å². The second-order valence-electron chi connectivity index (χ2n) is 3.77. The smallest absolute Gasteiger partial charge is 0.244 e. The van der Waals surface area contributed by atoms with Crippen LogP contribution in [0.1, 0.15) is 5.56 Å². The predicted molar refractivity (Wildman–Crippen MR) is 74.7 cm³/mol. The van der Waals surface area contributed by atoms with Gasteiger partial charge in [-0.1, -0.05) is 46.4 Å². The molecule has 1 nitrogen and oxygen atoms in total. The van der Waals surface area contributed by atoms with Crippen molar-refractivity contribution in [2.24, 2.45) is 0 Å². The van der Waals surface area contributed by atoms with Crippen molar-refractivity contribution in [2.45, 2.75) is 6.18 Å². The molecule has 0 radical (unpaired) electrons. The Kier molecular flexibility index (Phi) is 4.40. The van der Waals surface area contributed by atoms with E-state index < -0.39 is 11.7 Å². The van der Waals surface area contributed by atoms with Gasteiger partial charge in [-0.05, 0) is 18.2 Å². The molecule has 0 aliphatic carbocycles. The Morgan fingerprint density at radius 1 is 0.900 bits per heavy atom. The minimum absolute atomic E-state index is 0.0390. The molecule has 1 heterocycles. The van der Waals surface area contributed by atoms with Crippen molar-refractivity contribution in [3.05, 3.63) is 50.2 Å². The van der Waals surface area contributed by atoms with Gasteiger partial charge in [-0.15, -0.1) is 0 Å². The van der Waals surface area contributed by atoms with E-state index in [-0.39, 0.29) is 31.3 Å². The molecule has 0 atom stereocenters. The van der Waals surface area contributed by atoms with E-state index in [1.807, 2.05) is 0 Å². The number of halogens is 7.